The second-order valence-electron chi connectivity index (χ2n) is 3.62. The number of benzene rings is 1. The molecule has 1 aromatic heterocycles. The molecule has 0 spiro atoms. The number of ether oxygens (including phenoxy) is 2. The zero-order valence-corrected chi connectivity index (χ0v) is 10.7. The van der Waals surface area contributed by atoms with E-state index in [1.165, 1.54) is 4.68 Å². The third-order valence-electron chi connectivity index (χ3n) is 2.47. The van der Waals surface area contributed by atoms with Gasteiger partial charge in [0.25, 0.3) is 0 Å². The molecule has 7 nitrogen and oxygen atoms in total. The minimum absolute atomic E-state index is 0.0956. The summed E-state index contributed by atoms with van der Waals surface area (Å²) in [6.45, 7) is 2.52. The lowest BCUT2D eigenvalue weighted by molar-refractivity contribution is 0.311. The van der Waals surface area contributed by atoms with Gasteiger partial charge in [0, 0.05) is 5.56 Å². The van der Waals surface area contributed by atoms with Crippen LogP contribution in [0.1, 0.15) is 6.92 Å². The van der Waals surface area contributed by atoms with Gasteiger partial charge in [-0.25, -0.2) is 4.68 Å². The number of hydrogen-bond donors (Lipinski definition) is 0. The molecule has 7 heteroatoms. The Labute approximate surface area is 110 Å². The Morgan fingerprint density at radius 1 is 1.37 bits per heavy atom. The summed E-state index contributed by atoms with van der Waals surface area (Å²) in [6.07, 6.45) is 0. The molecule has 0 bridgehead atoms. The highest BCUT2D eigenvalue weighted by atomic mass is 16.5. The molecule has 0 saturated heterocycles. The number of aromatic nitrogens is 4. The summed E-state index contributed by atoms with van der Waals surface area (Å²) in [5.41, 5.74) is 0.768. The number of nitriles is 1. The third kappa shape index (κ3) is 2.63. The molecule has 1 aromatic carbocycles. The SMILES string of the molecule is CCOc1cc(-c2nnnn2CC#N)ccc1OC. The predicted molar refractivity (Wildman–Crippen MR) is 66.6 cm³/mol. The average molecular weight is 259 g/mol. The van der Waals surface area contributed by atoms with Gasteiger partial charge in [0.05, 0.1) is 19.8 Å². The van der Waals surface area contributed by atoms with Crippen LogP contribution in [0.15, 0.2) is 18.2 Å². The van der Waals surface area contributed by atoms with Gasteiger partial charge in [0.2, 0.25) is 0 Å². The van der Waals surface area contributed by atoms with Crippen molar-refractivity contribution in [3.63, 3.8) is 0 Å². The van der Waals surface area contributed by atoms with E-state index in [1.807, 2.05) is 19.1 Å². The summed E-state index contributed by atoms with van der Waals surface area (Å²) in [5.74, 6) is 1.78. The van der Waals surface area contributed by atoms with Gasteiger partial charge in [-0.1, -0.05) is 0 Å². The lowest BCUT2D eigenvalue weighted by atomic mass is 10.2. The summed E-state index contributed by atoms with van der Waals surface area (Å²) in [4.78, 5) is 0. The molecule has 0 aliphatic carbocycles. The Balaban J connectivity index is 2.42. The highest BCUT2D eigenvalue weighted by molar-refractivity contribution is 5.61. The first kappa shape index (κ1) is 12.8. The molecule has 0 atom stereocenters. The van der Waals surface area contributed by atoms with Gasteiger partial charge in [-0.3, -0.25) is 0 Å². The molecule has 0 saturated carbocycles. The Kier molecular flexibility index (Phi) is 3.93. The van der Waals surface area contributed by atoms with E-state index >= 15 is 0 Å². The average Bonchev–Trinajstić information content (AvgIpc) is 2.88. The monoisotopic (exact) mass is 259 g/mol. The van der Waals surface area contributed by atoms with Crippen LogP contribution in [0.3, 0.4) is 0 Å². The van der Waals surface area contributed by atoms with Gasteiger partial charge in [0.15, 0.2) is 17.3 Å². The maximum Gasteiger partial charge on any atom is 0.183 e. The molecule has 0 fully saturated rings. The second-order valence-corrected chi connectivity index (χ2v) is 3.62. The maximum absolute atomic E-state index is 8.72. The largest absolute Gasteiger partial charge is 0.493 e. The Bertz CT molecular complexity index is 602. The predicted octanol–water partition coefficient (Wildman–Crippen LogP) is 1.27. The number of hydrogen-bond acceptors (Lipinski definition) is 6. The molecular formula is C12H13N5O2. The van der Waals surface area contributed by atoms with E-state index in [9.17, 15) is 0 Å². The first-order valence-corrected chi connectivity index (χ1v) is 5.74. The van der Waals surface area contributed by atoms with Crippen LogP contribution < -0.4 is 9.47 Å². The normalized spacial score (nSPS) is 9.95. The van der Waals surface area contributed by atoms with Gasteiger partial charge in [-0.2, -0.15) is 5.26 Å². The van der Waals surface area contributed by atoms with E-state index in [1.54, 1.807) is 19.2 Å². The van der Waals surface area contributed by atoms with Crippen LogP contribution in [-0.2, 0) is 6.54 Å². The van der Waals surface area contributed by atoms with Gasteiger partial charge >= 0.3 is 0 Å². The van der Waals surface area contributed by atoms with Gasteiger partial charge < -0.3 is 9.47 Å². The first-order valence-electron chi connectivity index (χ1n) is 5.74. The van der Waals surface area contributed by atoms with Crippen molar-refractivity contribution < 1.29 is 9.47 Å². The van der Waals surface area contributed by atoms with Gasteiger partial charge in [-0.05, 0) is 35.5 Å². The molecule has 0 aliphatic rings. The minimum atomic E-state index is 0.0956. The van der Waals surface area contributed by atoms with Crippen LogP contribution >= 0.6 is 0 Å². The van der Waals surface area contributed by atoms with Crippen molar-refractivity contribution in [2.24, 2.45) is 0 Å². The Hall–Kier alpha value is -2.62. The standard InChI is InChI=1S/C12H13N5O2/c1-3-19-11-8-9(4-5-10(11)18-2)12-14-15-16-17(12)7-6-13/h4-5,8H,3,7H2,1-2H3. The van der Waals surface area contributed by atoms with Crippen molar-refractivity contribution >= 4 is 0 Å². The molecule has 0 amide bonds. The van der Waals surface area contributed by atoms with Gasteiger partial charge in [0.1, 0.15) is 6.54 Å². The molecule has 0 aliphatic heterocycles. The molecule has 19 heavy (non-hydrogen) atoms. The van der Waals surface area contributed by atoms with Crippen molar-refractivity contribution in [3.05, 3.63) is 18.2 Å². The van der Waals surface area contributed by atoms with E-state index < -0.39 is 0 Å². The highest BCUT2D eigenvalue weighted by Gasteiger charge is 2.12. The van der Waals surface area contributed by atoms with Crippen LogP contribution in [0, 0.1) is 11.3 Å². The van der Waals surface area contributed by atoms with Crippen LogP contribution in [-0.4, -0.2) is 33.9 Å². The number of rotatable bonds is 5. The summed E-state index contributed by atoms with van der Waals surface area (Å²) in [6, 6.07) is 7.40. The van der Waals surface area contributed by atoms with Crippen molar-refractivity contribution in [2.75, 3.05) is 13.7 Å². The van der Waals surface area contributed by atoms with Crippen molar-refractivity contribution in [3.8, 4) is 29.0 Å². The topological polar surface area (TPSA) is 85.9 Å². The van der Waals surface area contributed by atoms with E-state index in [0.717, 1.165) is 5.56 Å². The van der Waals surface area contributed by atoms with Crippen molar-refractivity contribution in [1.29, 1.82) is 5.26 Å². The zero-order chi connectivity index (χ0) is 13.7. The zero-order valence-electron chi connectivity index (χ0n) is 10.7. The van der Waals surface area contributed by atoms with E-state index in [-0.39, 0.29) is 6.54 Å². The number of nitrogens with zero attached hydrogens (tertiary/aromatic N) is 5. The molecule has 2 rings (SSSR count). The number of tetrazole rings is 1. The molecule has 0 radical (unpaired) electrons. The fourth-order valence-electron chi connectivity index (χ4n) is 1.67. The lowest BCUT2D eigenvalue weighted by Gasteiger charge is -2.10. The van der Waals surface area contributed by atoms with E-state index in [4.69, 9.17) is 14.7 Å². The molecule has 0 unspecified atom stereocenters. The van der Waals surface area contributed by atoms with Crippen molar-refractivity contribution in [2.45, 2.75) is 13.5 Å². The highest BCUT2D eigenvalue weighted by Crippen LogP contribution is 2.31. The summed E-state index contributed by atoms with van der Waals surface area (Å²) >= 11 is 0. The van der Waals surface area contributed by atoms with Crippen LogP contribution in [0.25, 0.3) is 11.4 Å². The Morgan fingerprint density at radius 2 is 2.21 bits per heavy atom. The smallest absolute Gasteiger partial charge is 0.183 e. The number of methoxy groups -OCH3 is 1. The first-order chi connectivity index (χ1) is 9.30. The fourth-order valence-corrected chi connectivity index (χ4v) is 1.67. The molecular weight excluding hydrogens is 246 g/mol. The summed E-state index contributed by atoms with van der Waals surface area (Å²) in [5, 5.41) is 20.0. The van der Waals surface area contributed by atoms with Crippen LogP contribution in [0.5, 0.6) is 11.5 Å². The maximum atomic E-state index is 8.72. The van der Waals surface area contributed by atoms with Crippen LogP contribution in [0.2, 0.25) is 0 Å². The fraction of sp³-hybridized carbons (Fsp3) is 0.333. The molecule has 1 heterocycles. The summed E-state index contributed by atoms with van der Waals surface area (Å²) in [7, 11) is 1.58. The third-order valence-corrected chi connectivity index (χ3v) is 2.47. The molecule has 2 aromatic rings. The second kappa shape index (κ2) is 5.82. The van der Waals surface area contributed by atoms with Gasteiger partial charge in [-0.15, -0.1) is 5.10 Å². The van der Waals surface area contributed by atoms with Crippen molar-refractivity contribution in [1.82, 2.24) is 20.2 Å². The lowest BCUT2D eigenvalue weighted by Crippen LogP contribution is -2.02. The van der Waals surface area contributed by atoms with E-state index in [0.29, 0.717) is 23.9 Å². The van der Waals surface area contributed by atoms with E-state index in [2.05, 4.69) is 15.5 Å². The molecule has 0 N–H and O–H groups in total. The van der Waals surface area contributed by atoms with Crippen LogP contribution in [0.4, 0.5) is 0 Å². The quantitative estimate of drug-likeness (QED) is 0.803. The molecule has 98 valence electrons. The summed E-state index contributed by atoms with van der Waals surface area (Å²) < 4.78 is 12.1. The Morgan fingerprint density at radius 3 is 2.89 bits per heavy atom. The minimum Gasteiger partial charge on any atom is -0.493 e.